The summed E-state index contributed by atoms with van der Waals surface area (Å²) in [6.45, 7) is 1.82. The largest absolute Gasteiger partial charge is 0.481 e. The summed E-state index contributed by atoms with van der Waals surface area (Å²) in [5.74, 6) is -1.87. The Hall–Kier alpha value is -0.610. The smallest absolute Gasteiger partial charge is 0.308 e. The number of carboxylic acid groups (broad SMARTS) is 1. The second-order valence-electron chi connectivity index (χ2n) is 2.24. The summed E-state index contributed by atoms with van der Waals surface area (Å²) < 4.78 is 9.89. The molecule has 11 heavy (non-hydrogen) atoms. The first-order valence-electron chi connectivity index (χ1n) is 3.42. The normalized spacial score (nSPS) is 11.5. The third-order valence-electron chi connectivity index (χ3n) is 1.70. The van der Waals surface area contributed by atoms with E-state index in [1.54, 1.807) is 0 Å². The average Bonchev–Trinajstić information content (AvgIpc) is 2.00. The lowest BCUT2D eigenvalue weighted by Crippen LogP contribution is -2.35. The Balaban J connectivity index is 4.16. The molecule has 66 valence electrons. The molecule has 0 heterocycles. The first-order chi connectivity index (χ1) is 5.10. The molecule has 4 nitrogen and oxygen atoms in total. The minimum atomic E-state index is -0.953. The standard InChI is InChI=1S/C7H14O4/c1-4-7(10-2,11-3)5-6(8)9/h4-5H2,1-3H3,(H,8,9). The van der Waals surface area contributed by atoms with Crippen LogP contribution < -0.4 is 0 Å². The van der Waals surface area contributed by atoms with Crippen molar-refractivity contribution in [3.8, 4) is 0 Å². The van der Waals surface area contributed by atoms with Gasteiger partial charge in [-0.2, -0.15) is 0 Å². The van der Waals surface area contributed by atoms with E-state index in [9.17, 15) is 4.79 Å². The Kier molecular flexibility index (Phi) is 4.07. The molecular weight excluding hydrogens is 148 g/mol. The van der Waals surface area contributed by atoms with Gasteiger partial charge in [0.2, 0.25) is 0 Å². The minimum absolute atomic E-state index is 0.128. The summed E-state index contributed by atoms with van der Waals surface area (Å²) in [7, 11) is 2.88. The number of aliphatic carboxylic acids is 1. The maximum atomic E-state index is 10.3. The first-order valence-corrected chi connectivity index (χ1v) is 3.42. The van der Waals surface area contributed by atoms with Gasteiger partial charge in [-0.25, -0.2) is 0 Å². The Morgan fingerprint density at radius 1 is 1.45 bits per heavy atom. The van der Waals surface area contributed by atoms with E-state index in [2.05, 4.69) is 0 Å². The zero-order valence-corrected chi connectivity index (χ0v) is 7.09. The van der Waals surface area contributed by atoms with Crippen molar-refractivity contribution in [1.82, 2.24) is 0 Å². The summed E-state index contributed by atoms with van der Waals surface area (Å²) in [6.07, 6.45) is 0.392. The molecule has 0 aliphatic carbocycles. The van der Waals surface area contributed by atoms with E-state index in [-0.39, 0.29) is 6.42 Å². The van der Waals surface area contributed by atoms with Crippen LogP contribution in [0.25, 0.3) is 0 Å². The zero-order valence-electron chi connectivity index (χ0n) is 7.09. The molecule has 0 aromatic rings. The lowest BCUT2D eigenvalue weighted by Gasteiger charge is -2.27. The predicted octanol–water partition coefficient (Wildman–Crippen LogP) is 0.860. The van der Waals surface area contributed by atoms with Gasteiger partial charge in [0, 0.05) is 14.2 Å². The van der Waals surface area contributed by atoms with Gasteiger partial charge in [-0.3, -0.25) is 4.79 Å². The van der Waals surface area contributed by atoms with Crippen molar-refractivity contribution in [2.75, 3.05) is 14.2 Å². The molecule has 0 unspecified atom stereocenters. The van der Waals surface area contributed by atoms with Crippen LogP contribution in [0.5, 0.6) is 0 Å². The van der Waals surface area contributed by atoms with Gasteiger partial charge in [-0.15, -0.1) is 0 Å². The fourth-order valence-corrected chi connectivity index (χ4v) is 0.872. The van der Waals surface area contributed by atoms with E-state index in [0.29, 0.717) is 6.42 Å². The third kappa shape index (κ3) is 2.86. The second-order valence-corrected chi connectivity index (χ2v) is 2.24. The van der Waals surface area contributed by atoms with Crippen LogP contribution in [-0.4, -0.2) is 31.1 Å². The highest BCUT2D eigenvalue weighted by Gasteiger charge is 2.30. The number of hydrogen-bond acceptors (Lipinski definition) is 3. The molecule has 0 fully saturated rings. The molecule has 0 rings (SSSR count). The Labute approximate surface area is 66.1 Å². The van der Waals surface area contributed by atoms with Crippen molar-refractivity contribution in [2.45, 2.75) is 25.6 Å². The summed E-state index contributed by atoms with van der Waals surface area (Å²) in [6, 6.07) is 0. The van der Waals surface area contributed by atoms with Gasteiger partial charge >= 0.3 is 5.97 Å². The molecule has 0 amide bonds. The lowest BCUT2D eigenvalue weighted by molar-refractivity contribution is -0.216. The minimum Gasteiger partial charge on any atom is -0.481 e. The van der Waals surface area contributed by atoms with Gasteiger partial charge in [-0.1, -0.05) is 6.92 Å². The lowest BCUT2D eigenvalue weighted by atomic mass is 10.1. The van der Waals surface area contributed by atoms with Crippen LogP contribution in [0.1, 0.15) is 19.8 Å². The fraction of sp³-hybridized carbons (Fsp3) is 0.857. The Morgan fingerprint density at radius 2 is 1.91 bits per heavy atom. The van der Waals surface area contributed by atoms with Crippen LogP contribution in [0.3, 0.4) is 0 Å². The van der Waals surface area contributed by atoms with E-state index in [1.165, 1.54) is 14.2 Å². The third-order valence-corrected chi connectivity index (χ3v) is 1.70. The topological polar surface area (TPSA) is 55.8 Å². The van der Waals surface area contributed by atoms with E-state index in [1.807, 2.05) is 6.92 Å². The van der Waals surface area contributed by atoms with Crippen LogP contribution >= 0.6 is 0 Å². The number of ether oxygens (including phenoxy) is 2. The van der Waals surface area contributed by atoms with Crippen molar-refractivity contribution in [1.29, 1.82) is 0 Å². The van der Waals surface area contributed by atoms with Gasteiger partial charge in [0.05, 0.1) is 6.42 Å². The number of carboxylic acids is 1. The van der Waals surface area contributed by atoms with E-state index in [4.69, 9.17) is 14.6 Å². The first kappa shape index (κ1) is 10.4. The number of rotatable bonds is 5. The van der Waals surface area contributed by atoms with E-state index >= 15 is 0 Å². The van der Waals surface area contributed by atoms with Gasteiger partial charge in [0.1, 0.15) is 0 Å². The van der Waals surface area contributed by atoms with Gasteiger partial charge in [-0.05, 0) is 6.42 Å². The highest BCUT2D eigenvalue weighted by atomic mass is 16.7. The SMILES string of the molecule is CCC(CC(=O)O)(OC)OC. The monoisotopic (exact) mass is 162 g/mol. The Morgan fingerprint density at radius 3 is 2.00 bits per heavy atom. The van der Waals surface area contributed by atoms with Crippen LogP contribution in [0.4, 0.5) is 0 Å². The molecular formula is C7H14O4. The van der Waals surface area contributed by atoms with Crippen LogP contribution in [0.2, 0.25) is 0 Å². The molecule has 0 aliphatic heterocycles. The fourth-order valence-electron chi connectivity index (χ4n) is 0.872. The highest BCUT2D eigenvalue weighted by Crippen LogP contribution is 2.19. The van der Waals surface area contributed by atoms with E-state index in [0.717, 1.165) is 0 Å². The number of carbonyl (C=O) groups is 1. The predicted molar refractivity (Wildman–Crippen MR) is 39.3 cm³/mol. The second kappa shape index (κ2) is 4.31. The summed E-state index contributed by atoms with van der Waals surface area (Å²) in [5.41, 5.74) is 0. The Bertz CT molecular complexity index is 120. The number of hydrogen-bond donors (Lipinski definition) is 1. The van der Waals surface area contributed by atoms with Crippen LogP contribution in [0, 0.1) is 0 Å². The van der Waals surface area contributed by atoms with Crippen LogP contribution in [-0.2, 0) is 14.3 Å². The van der Waals surface area contributed by atoms with Crippen molar-refractivity contribution < 1.29 is 19.4 Å². The van der Waals surface area contributed by atoms with E-state index < -0.39 is 11.8 Å². The molecule has 0 saturated heterocycles. The maximum absolute atomic E-state index is 10.3. The molecule has 0 atom stereocenters. The molecule has 0 spiro atoms. The highest BCUT2D eigenvalue weighted by molar-refractivity contribution is 5.67. The average molecular weight is 162 g/mol. The van der Waals surface area contributed by atoms with Crippen molar-refractivity contribution in [2.24, 2.45) is 0 Å². The zero-order chi connectivity index (χ0) is 8.91. The quantitative estimate of drug-likeness (QED) is 0.609. The number of methoxy groups -OCH3 is 2. The molecule has 0 radical (unpaired) electrons. The van der Waals surface area contributed by atoms with Gasteiger partial charge in [0.25, 0.3) is 0 Å². The molecule has 0 aromatic carbocycles. The molecule has 0 saturated carbocycles. The van der Waals surface area contributed by atoms with Crippen LogP contribution in [0.15, 0.2) is 0 Å². The summed E-state index contributed by atoms with van der Waals surface area (Å²) in [4.78, 5) is 10.3. The maximum Gasteiger partial charge on any atom is 0.308 e. The molecule has 0 aliphatic rings. The van der Waals surface area contributed by atoms with Crippen molar-refractivity contribution in [3.63, 3.8) is 0 Å². The molecule has 0 bridgehead atoms. The summed E-state index contributed by atoms with van der Waals surface area (Å²) >= 11 is 0. The van der Waals surface area contributed by atoms with Gasteiger partial charge in [0.15, 0.2) is 5.79 Å². The van der Waals surface area contributed by atoms with Crippen molar-refractivity contribution >= 4 is 5.97 Å². The molecule has 0 aromatic heterocycles. The van der Waals surface area contributed by atoms with Gasteiger partial charge < -0.3 is 14.6 Å². The molecule has 4 heteroatoms. The molecule has 1 N–H and O–H groups in total. The summed E-state index contributed by atoms with van der Waals surface area (Å²) in [5, 5.41) is 8.48. The van der Waals surface area contributed by atoms with Crippen molar-refractivity contribution in [3.05, 3.63) is 0 Å².